The number of aliphatic hydroxyl groups excluding tert-OH is 1. The molecule has 27 heavy (non-hydrogen) atoms. The molecule has 1 fully saturated rings. The van der Waals surface area contributed by atoms with E-state index < -0.39 is 44.5 Å². The normalized spacial score (nSPS) is 24.4. The fraction of sp³-hybridized carbons (Fsp3) is 0.500. The van der Waals surface area contributed by atoms with Gasteiger partial charge in [-0.3, -0.25) is 9.13 Å². The van der Waals surface area contributed by atoms with E-state index in [0.717, 1.165) is 0 Å². The van der Waals surface area contributed by atoms with Crippen LogP contribution >= 0.6 is 30.8 Å². The standard InChI is InChI=1S/C12H13Cl2N4O8P/c13-8-7-9(17-12(14)16-8)18(3-15-7)6-1-4(19)5(26-6)2-25-11(10(20)21)27(22,23)24/h3-6,11,19H,1-2H2,(H,20,21)(H2,22,23,24)/t4-,5+,6+,11?/m0/s1. The summed E-state index contributed by atoms with van der Waals surface area (Å²) in [5.74, 6) is -4.18. The third-order valence-electron chi connectivity index (χ3n) is 3.80. The molecule has 15 heteroatoms. The summed E-state index contributed by atoms with van der Waals surface area (Å²) in [6.07, 6.45) is -1.47. The molecule has 12 nitrogen and oxygen atoms in total. The van der Waals surface area contributed by atoms with Crippen molar-refractivity contribution >= 4 is 47.9 Å². The van der Waals surface area contributed by atoms with Crippen LogP contribution in [0.1, 0.15) is 12.6 Å². The highest BCUT2D eigenvalue weighted by molar-refractivity contribution is 7.53. The van der Waals surface area contributed by atoms with Gasteiger partial charge >= 0.3 is 13.6 Å². The van der Waals surface area contributed by atoms with Gasteiger partial charge in [0.25, 0.3) is 5.85 Å². The SMILES string of the molecule is O=C(O)C(OC[C@H]1O[C@@H](n2cnc3c(Cl)nc(Cl)nc32)C[C@@H]1O)P(=O)(O)O. The van der Waals surface area contributed by atoms with Crippen LogP contribution in [0.2, 0.25) is 10.4 Å². The Morgan fingerprint density at radius 1 is 1.44 bits per heavy atom. The number of fused-ring (bicyclic) bond motifs is 1. The number of carboxylic acids is 1. The summed E-state index contributed by atoms with van der Waals surface area (Å²) in [5.41, 5.74) is 0.531. The molecule has 1 unspecified atom stereocenters. The molecule has 2 aromatic rings. The number of aliphatic hydroxyl groups is 1. The Hall–Kier alpha value is -1.37. The minimum absolute atomic E-state index is 0.0353. The summed E-state index contributed by atoms with van der Waals surface area (Å²) < 4.78 is 23.0. The van der Waals surface area contributed by atoms with Gasteiger partial charge < -0.3 is 29.5 Å². The lowest BCUT2D eigenvalue weighted by Crippen LogP contribution is -2.32. The van der Waals surface area contributed by atoms with Crippen molar-refractivity contribution in [3.63, 3.8) is 0 Å². The summed E-state index contributed by atoms with van der Waals surface area (Å²) in [5, 5.41) is 18.9. The number of hydrogen-bond donors (Lipinski definition) is 4. The average Bonchev–Trinajstić information content (AvgIpc) is 3.09. The molecule has 0 amide bonds. The zero-order valence-electron chi connectivity index (χ0n) is 13.2. The third kappa shape index (κ3) is 4.23. The minimum Gasteiger partial charge on any atom is -0.479 e. The Morgan fingerprint density at radius 2 is 2.15 bits per heavy atom. The fourth-order valence-electron chi connectivity index (χ4n) is 2.60. The molecule has 4 atom stereocenters. The van der Waals surface area contributed by atoms with Gasteiger partial charge in [-0.05, 0) is 11.6 Å². The molecule has 1 saturated heterocycles. The number of ether oxygens (including phenoxy) is 2. The first kappa shape index (κ1) is 20.4. The Kier molecular flexibility index (Phi) is 5.71. The molecular formula is C12H13Cl2N4O8P. The molecule has 3 heterocycles. The predicted octanol–water partition coefficient (Wildman–Crippen LogP) is 0.386. The second-order valence-electron chi connectivity index (χ2n) is 5.65. The number of aromatic nitrogens is 4. The van der Waals surface area contributed by atoms with Crippen LogP contribution in [0.5, 0.6) is 0 Å². The first-order chi connectivity index (χ1) is 12.6. The largest absolute Gasteiger partial charge is 0.479 e. The van der Waals surface area contributed by atoms with Gasteiger partial charge in [-0.25, -0.2) is 14.8 Å². The zero-order chi connectivity index (χ0) is 19.9. The highest BCUT2D eigenvalue weighted by atomic mass is 35.5. The third-order valence-corrected chi connectivity index (χ3v) is 5.21. The van der Waals surface area contributed by atoms with Crippen molar-refractivity contribution < 1.29 is 38.8 Å². The smallest absolute Gasteiger partial charge is 0.365 e. The van der Waals surface area contributed by atoms with Crippen LogP contribution < -0.4 is 0 Å². The number of halogens is 2. The van der Waals surface area contributed by atoms with Gasteiger partial charge in [-0.1, -0.05) is 11.6 Å². The maximum atomic E-state index is 11.2. The number of nitrogens with zero attached hydrogens (tertiary/aromatic N) is 4. The van der Waals surface area contributed by atoms with Crippen molar-refractivity contribution in [3.05, 3.63) is 16.8 Å². The van der Waals surface area contributed by atoms with E-state index in [1.54, 1.807) is 0 Å². The molecule has 1 aliphatic rings. The highest BCUT2D eigenvalue weighted by Crippen LogP contribution is 2.42. The van der Waals surface area contributed by atoms with Crippen molar-refractivity contribution in [2.45, 2.75) is 30.7 Å². The Balaban J connectivity index is 1.75. The summed E-state index contributed by atoms with van der Waals surface area (Å²) in [7, 11) is -5.04. The van der Waals surface area contributed by atoms with E-state index in [9.17, 15) is 14.5 Å². The average molecular weight is 443 g/mol. The van der Waals surface area contributed by atoms with E-state index in [1.165, 1.54) is 10.9 Å². The van der Waals surface area contributed by atoms with E-state index in [4.69, 9.17) is 47.6 Å². The van der Waals surface area contributed by atoms with E-state index in [-0.39, 0.29) is 28.0 Å². The minimum atomic E-state index is -5.04. The van der Waals surface area contributed by atoms with Gasteiger partial charge in [-0.2, -0.15) is 4.98 Å². The van der Waals surface area contributed by atoms with E-state index >= 15 is 0 Å². The van der Waals surface area contributed by atoms with E-state index in [0.29, 0.717) is 0 Å². The fourth-order valence-corrected chi connectivity index (χ4v) is 3.59. The summed E-state index contributed by atoms with van der Waals surface area (Å²) >= 11 is 11.7. The lowest BCUT2D eigenvalue weighted by atomic mass is 10.2. The van der Waals surface area contributed by atoms with Gasteiger partial charge in [0.05, 0.1) is 19.0 Å². The van der Waals surface area contributed by atoms with Gasteiger partial charge in [0, 0.05) is 6.42 Å². The molecule has 0 bridgehead atoms. The highest BCUT2D eigenvalue weighted by Gasteiger charge is 2.41. The quantitative estimate of drug-likeness (QED) is 0.276. The van der Waals surface area contributed by atoms with Gasteiger partial charge in [0.15, 0.2) is 10.8 Å². The maximum absolute atomic E-state index is 11.2. The van der Waals surface area contributed by atoms with Crippen molar-refractivity contribution in [3.8, 4) is 0 Å². The maximum Gasteiger partial charge on any atom is 0.365 e. The van der Waals surface area contributed by atoms with Gasteiger partial charge in [-0.15, -0.1) is 0 Å². The van der Waals surface area contributed by atoms with Crippen LogP contribution in [-0.2, 0) is 18.8 Å². The van der Waals surface area contributed by atoms with Crippen LogP contribution in [-0.4, -0.2) is 70.1 Å². The summed E-state index contributed by atoms with van der Waals surface area (Å²) in [6.45, 7) is -0.553. The predicted molar refractivity (Wildman–Crippen MR) is 89.3 cm³/mol. The summed E-state index contributed by atoms with van der Waals surface area (Å²) in [4.78, 5) is 40.8. The molecule has 0 aliphatic carbocycles. The molecule has 1 aliphatic heterocycles. The molecule has 148 valence electrons. The molecule has 4 N–H and O–H groups in total. The molecule has 0 radical (unpaired) electrons. The van der Waals surface area contributed by atoms with Gasteiger partial charge in [0.1, 0.15) is 17.8 Å². The Morgan fingerprint density at radius 3 is 2.78 bits per heavy atom. The lowest BCUT2D eigenvalue weighted by Gasteiger charge is -2.19. The van der Waals surface area contributed by atoms with Crippen LogP contribution in [0.15, 0.2) is 6.33 Å². The van der Waals surface area contributed by atoms with E-state index in [1.807, 2.05) is 0 Å². The van der Waals surface area contributed by atoms with Crippen LogP contribution in [0.25, 0.3) is 11.2 Å². The lowest BCUT2D eigenvalue weighted by molar-refractivity contribution is -0.149. The van der Waals surface area contributed by atoms with Crippen LogP contribution in [0.3, 0.4) is 0 Å². The second kappa shape index (κ2) is 7.57. The van der Waals surface area contributed by atoms with Crippen LogP contribution in [0, 0.1) is 0 Å². The number of rotatable bonds is 6. The molecule has 0 aromatic carbocycles. The number of carboxylic acid groups (broad SMARTS) is 1. The van der Waals surface area contributed by atoms with Crippen molar-refractivity contribution in [2.24, 2.45) is 0 Å². The zero-order valence-corrected chi connectivity index (χ0v) is 15.6. The molecule has 0 spiro atoms. The number of carbonyl (C=O) groups is 1. The second-order valence-corrected chi connectivity index (χ2v) is 8.00. The van der Waals surface area contributed by atoms with Gasteiger partial charge in [0.2, 0.25) is 5.28 Å². The monoisotopic (exact) mass is 442 g/mol. The first-order valence-corrected chi connectivity index (χ1v) is 9.80. The van der Waals surface area contributed by atoms with Crippen LogP contribution in [0.4, 0.5) is 0 Å². The number of hydrogen-bond acceptors (Lipinski definition) is 8. The molecule has 2 aromatic heterocycles. The Labute approximate surface area is 160 Å². The molecule has 3 rings (SSSR count). The van der Waals surface area contributed by atoms with Crippen molar-refractivity contribution in [1.82, 2.24) is 19.5 Å². The van der Waals surface area contributed by atoms with E-state index in [2.05, 4.69) is 15.0 Å². The first-order valence-electron chi connectivity index (χ1n) is 7.36. The topological polar surface area (TPSA) is 177 Å². The Bertz CT molecular complexity index is 920. The summed E-state index contributed by atoms with van der Waals surface area (Å²) in [6, 6.07) is 0. The molecule has 0 saturated carbocycles. The van der Waals surface area contributed by atoms with Crippen molar-refractivity contribution in [2.75, 3.05) is 6.61 Å². The number of imidazole rings is 1. The molecular weight excluding hydrogens is 430 g/mol. The number of aliphatic carboxylic acids is 1. The van der Waals surface area contributed by atoms with Crippen molar-refractivity contribution in [1.29, 1.82) is 0 Å².